The second-order valence-electron chi connectivity index (χ2n) is 19.5. The lowest BCUT2D eigenvalue weighted by molar-refractivity contribution is -0.462. The Labute approximate surface area is 453 Å². The smallest absolute Gasteiger partial charge is 0.315 e. The number of carboxylic acids is 1. The number of anilines is 1. The maximum absolute atomic E-state index is 14.1. The van der Waals surface area contributed by atoms with Crippen LogP contribution in [0.15, 0.2) is 65.3 Å². The number of carbonyl (C=O) groups is 6. The van der Waals surface area contributed by atoms with Gasteiger partial charge in [-0.2, -0.15) is 11.8 Å². The number of nitrogens with zero attached hydrogens (tertiary/aromatic N) is 6. The summed E-state index contributed by atoms with van der Waals surface area (Å²) in [5.41, 5.74) is 12.2. The average Bonchev–Trinajstić information content (AvgIpc) is 4.02. The zero-order valence-electron chi connectivity index (χ0n) is 44.5. The molecule has 0 spiro atoms. The molecule has 1 aliphatic carbocycles. The van der Waals surface area contributed by atoms with E-state index < -0.39 is 48.3 Å². The van der Waals surface area contributed by atoms with Crippen molar-refractivity contribution in [2.45, 2.75) is 93.2 Å². The summed E-state index contributed by atoms with van der Waals surface area (Å²) in [5, 5.41) is 32.0. The Morgan fingerprint density at radius 3 is 2.43 bits per heavy atom. The summed E-state index contributed by atoms with van der Waals surface area (Å²) in [6.45, 7) is 2.64. The van der Waals surface area contributed by atoms with Gasteiger partial charge in [-0.15, -0.1) is 0 Å². The van der Waals surface area contributed by atoms with Gasteiger partial charge in [0.25, 0.3) is 11.8 Å². The normalized spacial score (nSPS) is 19.2. The first kappa shape index (κ1) is 59.6. The number of aromatic carboxylic acids is 1. The summed E-state index contributed by atoms with van der Waals surface area (Å²) in [4.78, 5) is 82.1. The summed E-state index contributed by atoms with van der Waals surface area (Å²) in [7, 11) is 7.59. The van der Waals surface area contributed by atoms with Crippen molar-refractivity contribution in [1.29, 1.82) is 0 Å². The van der Waals surface area contributed by atoms with Crippen LogP contribution in [-0.4, -0.2) is 180 Å². The summed E-state index contributed by atoms with van der Waals surface area (Å²) in [5.74, 6) is 3.57. The number of unbranched alkanes of at least 4 members (excludes halogenated alkanes) is 2. The largest absolute Gasteiger partial charge is 0.545 e. The number of fused-ring (bicyclic) bond motifs is 3. The molecule has 3 aliphatic heterocycles. The quantitative estimate of drug-likeness (QED) is 0.00706. The van der Waals surface area contributed by atoms with Gasteiger partial charge in [0.2, 0.25) is 11.8 Å². The number of azide groups is 1. The van der Waals surface area contributed by atoms with E-state index in [2.05, 4.69) is 36.6 Å². The molecule has 2 aromatic rings. The van der Waals surface area contributed by atoms with E-state index in [1.807, 2.05) is 85.9 Å². The molecule has 2 aromatic carbocycles. The molecule has 6 rings (SSSR count). The maximum atomic E-state index is 14.1. The summed E-state index contributed by atoms with van der Waals surface area (Å²) >= 11 is 1.88. The third-order valence-corrected chi connectivity index (χ3v) is 15.1. The first-order valence-electron chi connectivity index (χ1n) is 26.2. The molecule has 2 saturated heterocycles. The maximum Gasteiger partial charge on any atom is 0.315 e. The zero-order valence-corrected chi connectivity index (χ0v) is 45.3. The minimum absolute atomic E-state index is 0.0293. The molecule has 24 heteroatoms. The molecule has 0 bridgehead atoms. The fraction of sp³-hybridized carbons (Fsp3) is 0.566. The van der Waals surface area contributed by atoms with Crippen molar-refractivity contribution >= 4 is 58.8 Å². The van der Waals surface area contributed by atoms with Gasteiger partial charge in [0.05, 0.1) is 51.0 Å². The van der Waals surface area contributed by atoms with Gasteiger partial charge in [-0.25, -0.2) is 15.2 Å². The van der Waals surface area contributed by atoms with E-state index >= 15 is 0 Å². The fourth-order valence-corrected chi connectivity index (χ4v) is 11.0. The molecule has 2 fully saturated rings. The van der Waals surface area contributed by atoms with Crippen LogP contribution in [-0.2, 0) is 28.6 Å². The Morgan fingerprint density at radius 1 is 0.948 bits per heavy atom. The van der Waals surface area contributed by atoms with E-state index in [9.17, 15) is 33.9 Å². The van der Waals surface area contributed by atoms with Crippen molar-refractivity contribution in [2.24, 2.45) is 11.0 Å². The highest BCUT2D eigenvalue weighted by molar-refractivity contribution is 8.00. The van der Waals surface area contributed by atoms with Gasteiger partial charge >= 0.3 is 6.03 Å². The number of rotatable bonds is 32. The van der Waals surface area contributed by atoms with Crippen molar-refractivity contribution < 1.29 is 57.4 Å². The van der Waals surface area contributed by atoms with E-state index in [1.54, 1.807) is 0 Å². The van der Waals surface area contributed by atoms with Crippen molar-refractivity contribution in [3.8, 4) is 5.75 Å². The first-order chi connectivity index (χ1) is 37.1. The lowest BCUT2D eigenvalue weighted by atomic mass is 9.76. The second kappa shape index (κ2) is 30.3. The Bertz CT molecular complexity index is 2550. The molecule has 2 unspecified atom stereocenters. The van der Waals surface area contributed by atoms with Gasteiger partial charge in [-0.1, -0.05) is 24.0 Å². The third kappa shape index (κ3) is 17.7. The highest BCUT2D eigenvalue weighted by Gasteiger charge is 2.43. The highest BCUT2D eigenvalue weighted by atomic mass is 32.2. The van der Waals surface area contributed by atoms with Gasteiger partial charge in [-0.05, 0) is 91.6 Å². The van der Waals surface area contributed by atoms with Gasteiger partial charge in [0, 0.05) is 110 Å². The van der Waals surface area contributed by atoms with E-state index in [0.717, 1.165) is 47.0 Å². The van der Waals surface area contributed by atoms with Crippen LogP contribution in [0.5, 0.6) is 5.75 Å². The molecular formula is C53H74N12O11S. The summed E-state index contributed by atoms with van der Waals surface area (Å²) < 4.78 is 25.1. The topological polar surface area (TPSA) is 307 Å². The number of carbonyl (C=O) groups excluding carboxylic acids is 6. The fourth-order valence-electron chi connectivity index (χ4n) is 9.41. The van der Waals surface area contributed by atoms with Crippen LogP contribution in [0.1, 0.15) is 95.5 Å². The van der Waals surface area contributed by atoms with Gasteiger partial charge < -0.3 is 60.3 Å². The minimum atomic E-state index is -1.43. The van der Waals surface area contributed by atoms with Gasteiger partial charge in [-0.3, -0.25) is 24.2 Å². The number of urea groups is 1. The van der Waals surface area contributed by atoms with Crippen molar-refractivity contribution in [3.63, 3.8) is 0 Å². The first-order valence-corrected chi connectivity index (χ1v) is 27.3. The number of carboxylic acid groups (broad SMARTS) is 1. The lowest BCUT2D eigenvalue weighted by Gasteiger charge is -2.36. The van der Waals surface area contributed by atoms with E-state index in [0.29, 0.717) is 100 Å². The number of thioether (sulfide) groups is 1. The number of nitrogens with two attached hydrogens (primary N) is 1. The predicted octanol–water partition coefficient (Wildman–Crippen LogP) is 2.29. The van der Waals surface area contributed by atoms with Crippen molar-refractivity contribution in [3.05, 3.63) is 92.9 Å². The molecule has 77 heavy (non-hydrogen) atoms. The summed E-state index contributed by atoms with van der Waals surface area (Å²) in [6.07, 6.45) is 10.5. The molecule has 418 valence electrons. The molecular weight excluding hydrogens is 1010 g/mol. The molecule has 7 N–H and O–H groups in total. The monoisotopic (exact) mass is 1090 g/mol. The van der Waals surface area contributed by atoms with E-state index in [4.69, 9.17) is 30.3 Å². The van der Waals surface area contributed by atoms with E-state index in [-0.39, 0.29) is 54.7 Å². The third-order valence-electron chi connectivity index (χ3n) is 13.6. The Hall–Kier alpha value is -6.69. The number of nitrogens with one attached hydrogen (secondary N) is 5. The van der Waals surface area contributed by atoms with E-state index in [1.165, 1.54) is 18.2 Å². The molecule has 0 aromatic heterocycles. The number of hydrazine groups is 1. The van der Waals surface area contributed by atoms with Crippen LogP contribution in [0.2, 0.25) is 0 Å². The number of hydrogen-bond donors (Lipinski definition) is 6. The van der Waals surface area contributed by atoms with Crippen LogP contribution in [0.3, 0.4) is 0 Å². The second-order valence-corrected chi connectivity index (χ2v) is 20.8. The molecule has 6 atom stereocenters. The lowest BCUT2D eigenvalue weighted by Crippen LogP contribution is -2.50. The standard InChI is InChI=1S/C53H74N12O11S/c1-63(2)35-15-18-43-39(30-35)48(40-31-36(64(3)4)16-19-44(40)76-43)38-29-34(14-17-37(38)52(70)71)50(68)59-41(11-7-8-21-58-62-54)51(69)57-32-47(67)65(55)22-10-24-74-26-28-75-27-25-73-23-9-20-56-46(66)13-6-5-12-45-49-42(33-77-45)60-53(72)61-49/h14-19,29-31,41-43,45,48-49H,5-13,20-28,32-33,55H2,1-4H3,(H5-,56,57,59,60,61,66,68,69,70,71,72)/t41-,42-,43?,45-,48?,49-/m0/s1. The van der Waals surface area contributed by atoms with Gasteiger partial charge in [0.15, 0.2) is 5.71 Å². The van der Waals surface area contributed by atoms with Crippen LogP contribution in [0.25, 0.3) is 10.4 Å². The molecule has 6 amide bonds. The van der Waals surface area contributed by atoms with Crippen LogP contribution in [0, 0.1) is 0 Å². The Balaban J connectivity index is 0.901. The van der Waals surface area contributed by atoms with Gasteiger partial charge in [0.1, 0.15) is 32.0 Å². The Kier molecular flexibility index (Phi) is 23.4. The van der Waals surface area contributed by atoms with Crippen molar-refractivity contribution in [1.82, 2.24) is 31.6 Å². The SMILES string of the molecule is CN(C)c1ccc2c(c1)C(c1cc(C(=O)N[C@@H](CCCCN=[N+]=[N-])C(=O)NCC(=O)N(N)CCCOCCOCCOCCCNC(=O)CCCC[C@@H]3SC[C@@H]4NC(=O)N[C@@H]43)ccc1C(=O)[O-])C1=CC(=[N+](C)C)C=CC1O2. The number of allylic oxidation sites excluding steroid dienone is 2. The minimum Gasteiger partial charge on any atom is -0.545 e. The zero-order chi connectivity index (χ0) is 55.3. The number of benzene rings is 2. The number of hydrogen-bond acceptors (Lipinski definition) is 15. The summed E-state index contributed by atoms with van der Waals surface area (Å²) in [6, 6.07) is 9.08. The van der Waals surface area contributed by atoms with Crippen molar-refractivity contribution in [2.75, 3.05) is 105 Å². The molecule has 4 aliphatic rings. The average molecular weight is 1090 g/mol. The molecule has 0 saturated carbocycles. The van der Waals surface area contributed by atoms with Crippen LogP contribution < -0.4 is 47.2 Å². The highest BCUT2D eigenvalue weighted by Crippen LogP contribution is 2.47. The molecule has 0 radical (unpaired) electrons. The molecule has 23 nitrogen and oxygen atoms in total. The van der Waals surface area contributed by atoms with Crippen LogP contribution >= 0.6 is 11.8 Å². The predicted molar refractivity (Wildman–Crippen MR) is 289 cm³/mol. The number of ether oxygens (including phenoxy) is 4. The molecule has 3 heterocycles. The number of amides is 6. The Morgan fingerprint density at radius 2 is 1.70 bits per heavy atom. The van der Waals surface area contributed by atoms with Crippen LogP contribution in [0.4, 0.5) is 10.5 Å².